The van der Waals surface area contributed by atoms with Crippen molar-refractivity contribution >= 4 is 40.5 Å². The summed E-state index contributed by atoms with van der Waals surface area (Å²) in [5.74, 6) is -1.65. The zero-order valence-corrected chi connectivity index (χ0v) is 21.6. The van der Waals surface area contributed by atoms with Gasteiger partial charge in [-0.05, 0) is 61.8 Å². The highest BCUT2D eigenvalue weighted by Crippen LogP contribution is 2.22. The lowest BCUT2D eigenvalue weighted by Crippen LogP contribution is -2.61. The van der Waals surface area contributed by atoms with Gasteiger partial charge in [-0.15, -0.1) is 0 Å². The van der Waals surface area contributed by atoms with Crippen LogP contribution in [0.5, 0.6) is 0 Å². The van der Waals surface area contributed by atoms with E-state index in [1.165, 1.54) is 11.1 Å². The summed E-state index contributed by atoms with van der Waals surface area (Å²) in [6.07, 6.45) is 5.90. The number of nitrogens with one attached hydrogen (secondary N) is 4. The van der Waals surface area contributed by atoms with E-state index in [2.05, 4.69) is 26.4 Å². The smallest absolute Gasteiger partial charge is 0.258 e. The van der Waals surface area contributed by atoms with Crippen LogP contribution in [0.3, 0.4) is 0 Å². The lowest BCUT2D eigenvalue weighted by molar-refractivity contribution is -0.143. The summed E-state index contributed by atoms with van der Waals surface area (Å²) in [6, 6.07) is 5.23. The van der Waals surface area contributed by atoms with Gasteiger partial charge < -0.3 is 16.0 Å². The molecule has 196 valence electrons. The van der Waals surface area contributed by atoms with Gasteiger partial charge in [-0.25, -0.2) is 5.43 Å². The molecule has 0 unspecified atom stereocenters. The fraction of sp³-hybridized carbons (Fsp3) is 0.444. The van der Waals surface area contributed by atoms with Gasteiger partial charge in [-0.1, -0.05) is 26.0 Å². The van der Waals surface area contributed by atoms with E-state index in [1.807, 2.05) is 45.0 Å². The summed E-state index contributed by atoms with van der Waals surface area (Å²) in [5, 5.41) is 11.7. The van der Waals surface area contributed by atoms with E-state index in [-0.39, 0.29) is 23.8 Å². The molecule has 3 heterocycles. The van der Waals surface area contributed by atoms with Crippen LogP contribution in [-0.4, -0.2) is 58.3 Å². The number of benzene rings is 1. The molecule has 37 heavy (non-hydrogen) atoms. The topological polar surface area (TPSA) is 133 Å². The molecular formula is C27H34N6O4. The van der Waals surface area contributed by atoms with E-state index < -0.39 is 29.9 Å². The van der Waals surface area contributed by atoms with E-state index in [9.17, 15) is 19.2 Å². The molecule has 5 bridgehead atoms. The average Bonchev–Trinajstić information content (AvgIpc) is 2.88. The predicted molar refractivity (Wildman–Crippen MR) is 140 cm³/mol. The molecule has 2 aromatic rings. The number of fused-ring (bicyclic) bond motifs is 4. The number of hydrazine groups is 1. The Morgan fingerprint density at radius 3 is 2.43 bits per heavy atom. The first-order valence-electron chi connectivity index (χ1n) is 12.7. The number of rotatable bonds is 1. The normalized spacial score (nSPS) is 26.7. The highest BCUT2D eigenvalue weighted by atomic mass is 16.2. The standard InChI is InChI=1S/C27H34N6O4/c1-15(2)24-26(36)30-17(4)27(37)33-11-5-6-22(32-33)25(35)29-16(3)18-7-8-19-14-28-21(13-20(19)12-18)9-10-23(34)31-24/h7-10,12-17,22,24,32H,5-6,11H2,1-4H3,(H,29,35)(H,30,36)(H,31,34)/b10-9-/t16-,17+,22+,24+/m1/s1. The maximum absolute atomic E-state index is 13.1. The monoisotopic (exact) mass is 506 g/mol. The van der Waals surface area contributed by atoms with E-state index >= 15 is 0 Å². The summed E-state index contributed by atoms with van der Waals surface area (Å²) < 4.78 is 0. The Bertz CT molecular complexity index is 1240. The van der Waals surface area contributed by atoms with Crippen LogP contribution in [0.4, 0.5) is 0 Å². The molecule has 2 aliphatic heterocycles. The van der Waals surface area contributed by atoms with Crippen molar-refractivity contribution in [3.63, 3.8) is 0 Å². The van der Waals surface area contributed by atoms with Gasteiger partial charge >= 0.3 is 0 Å². The minimum atomic E-state index is -0.848. The van der Waals surface area contributed by atoms with E-state index in [4.69, 9.17) is 0 Å². The van der Waals surface area contributed by atoms with Crippen LogP contribution in [0.2, 0.25) is 0 Å². The van der Waals surface area contributed by atoms with Crippen LogP contribution in [0, 0.1) is 5.92 Å². The maximum atomic E-state index is 13.1. The summed E-state index contributed by atoms with van der Waals surface area (Å²) >= 11 is 0. The molecular weight excluding hydrogens is 472 g/mol. The molecule has 4 N–H and O–H groups in total. The van der Waals surface area contributed by atoms with Crippen LogP contribution in [-0.2, 0) is 19.2 Å². The zero-order chi connectivity index (χ0) is 26.7. The largest absolute Gasteiger partial charge is 0.348 e. The molecule has 4 rings (SSSR count). The molecule has 4 amide bonds. The summed E-state index contributed by atoms with van der Waals surface area (Å²) in [7, 11) is 0. The van der Waals surface area contributed by atoms with Crippen molar-refractivity contribution in [2.24, 2.45) is 5.92 Å². The first kappa shape index (κ1) is 26.3. The van der Waals surface area contributed by atoms with Gasteiger partial charge in [0.2, 0.25) is 17.7 Å². The van der Waals surface area contributed by atoms with Crippen LogP contribution in [0.15, 0.2) is 36.5 Å². The third kappa shape index (κ3) is 6.14. The third-order valence-electron chi connectivity index (χ3n) is 6.78. The number of carbonyl (C=O) groups excluding carboxylic acids is 4. The number of aromatic nitrogens is 1. The number of hydrogen-bond acceptors (Lipinski definition) is 6. The van der Waals surface area contributed by atoms with Crippen LogP contribution in [0.25, 0.3) is 16.8 Å². The molecule has 0 radical (unpaired) electrons. The Morgan fingerprint density at radius 2 is 1.68 bits per heavy atom. The van der Waals surface area contributed by atoms with Crippen LogP contribution < -0.4 is 21.4 Å². The minimum Gasteiger partial charge on any atom is -0.348 e. The molecule has 1 saturated heterocycles. The second-order valence-electron chi connectivity index (χ2n) is 10.1. The Hall–Kier alpha value is -3.79. The first-order chi connectivity index (χ1) is 17.6. The predicted octanol–water partition coefficient (Wildman–Crippen LogP) is 1.58. The molecule has 0 spiro atoms. The lowest BCUT2D eigenvalue weighted by Gasteiger charge is -2.35. The van der Waals surface area contributed by atoms with Crippen molar-refractivity contribution in [3.05, 3.63) is 47.8 Å². The molecule has 10 heteroatoms. The molecule has 4 atom stereocenters. The number of carbonyl (C=O) groups is 4. The van der Waals surface area contributed by atoms with Gasteiger partial charge in [-0.2, -0.15) is 0 Å². The van der Waals surface area contributed by atoms with Crippen molar-refractivity contribution in [1.29, 1.82) is 0 Å². The van der Waals surface area contributed by atoms with Crippen molar-refractivity contribution in [2.45, 2.75) is 64.7 Å². The second kappa shape index (κ2) is 11.1. The van der Waals surface area contributed by atoms with Gasteiger partial charge in [0.25, 0.3) is 5.91 Å². The Labute approximate surface area is 216 Å². The van der Waals surface area contributed by atoms with Gasteiger partial charge in [0.15, 0.2) is 0 Å². The average molecular weight is 507 g/mol. The van der Waals surface area contributed by atoms with Crippen LogP contribution in [0.1, 0.15) is 57.8 Å². The van der Waals surface area contributed by atoms with Crippen molar-refractivity contribution < 1.29 is 19.2 Å². The molecule has 0 aliphatic carbocycles. The molecule has 1 aromatic carbocycles. The summed E-state index contributed by atoms with van der Waals surface area (Å²) in [5.41, 5.74) is 4.54. The van der Waals surface area contributed by atoms with Gasteiger partial charge in [0.1, 0.15) is 18.1 Å². The van der Waals surface area contributed by atoms with Crippen LogP contribution >= 0.6 is 0 Å². The summed E-state index contributed by atoms with van der Waals surface area (Å²) in [6.45, 7) is 7.56. The molecule has 10 nitrogen and oxygen atoms in total. The molecule has 2 aliphatic rings. The maximum Gasteiger partial charge on any atom is 0.258 e. The number of nitrogens with zero attached hydrogens (tertiary/aromatic N) is 2. The van der Waals surface area contributed by atoms with Crippen molar-refractivity contribution in [1.82, 2.24) is 31.4 Å². The molecule has 1 fully saturated rings. The highest BCUT2D eigenvalue weighted by Gasteiger charge is 2.33. The lowest BCUT2D eigenvalue weighted by atomic mass is 10.0. The highest BCUT2D eigenvalue weighted by molar-refractivity contribution is 5.97. The fourth-order valence-electron chi connectivity index (χ4n) is 4.56. The van der Waals surface area contributed by atoms with Gasteiger partial charge in [-0.3, -0.25) is 29.2 Å². The van der Waals surface area contributed by atoms with Gasteiger partial charge in [0, 0.05) is 24.2 Å². The van der Waals surface area contributed by atoms with Gasteiger partial charge in [0.05, 0.1) is 11.7 Å². The van der Waals surface area contributed by atoms with Crippen molar-refractivity contribution in [2.75, 3.05) is 6.54 Å². The Balaban J connectivity index is 1.68. The number of pyridine rings is 1. The Morgan fingerprint density at radius 1 is 0.919 bits per heavy atom. The summed E-state index contributed by atoms with van der Waals surface area (Å²) in [4.78, 5) is 56.2. The van der Waals surface area contributed by atoms with Crippen molar-refractivity contribution in [3.8, 4) is 0 Å². The Kier molecular flexibility index (Phi) is 7.87. The van der Waals surface area contributed by atoms with E-state index in [0.717, 1.165) is 16.3 Å². The quantitative estimate of drug-likeness (QED) is 0.464. The third-order valence-corrected chi connectivity index (χ3v) is 6.78. The second-order valence-corrected chi connectivity index (χ2v) is 10.1. The molecule has 0 saturated carbocycles. The van der Waals surface area contributed by atoms with E-state index in [0.29, 0.717) is 25.1 Å². The zero-order valence-electron chi connectivity index (χ0n) is 21.6. The SMILES string of the molecule is CC(C)[C@@H]1NC(=O)/C=C\c2cc3cc(ccc3cn2)[C@@H](C)NC(=O)[C@@H]2CCCN(N2)C(=O)[C@H](C)NC1=O. The number of amides is 4. The number of hydrogen-bond donors (Lipinski definition) is 4. The first-order valence-corrected chi connectivity index (χ1v) is 12.7. The minimum absolute atomic E-state index is 0.197. The fourth-order valence-corrected chi connectivity index (χ4v) is 4.56. The molecule has 1 aromatic heterocycles. The van der Waals surface area contributed by atoms with E-state index in [1.54, 1.807) is 19.2 Å².